The molecule has 47 heavy (non-hydrogen) atoms. The molecule has 0 radical (unpaired) electrons. The number of anilines is 3. The summed E-state index contributed by atoms with van der Waals surface area (Å²) in [5.41, 5.74) is 7.60. The molecule has 0 spiro atoms. The molecule has 2 heterocycles. The van der Waals surface area contributed by atoms with Crippen LogP contribution in [0.25, 0.3) is 74.8 Å². The zero-order valence-corrected chi connectivity index (χ0v) is 26.2. The number of thiophene rings is 1. The van der Waals surface area contributed by atoms with Gasteiger partial charge in [0.1, 0.15) is 11.2 Å². The summed E-state index contributed by atoms with van der Waals surface area (Å²) in [6, 6.07) is 59.0. The van der Waals surface area contributed by atoms with Crippen LogP contribution in [-0.4, -0.2) is 0 Å². The lowest BCUT2D eigenvalue weighted by Gasteiger charge is -2.28. The van der Waals surface area contributed by atoms with Crippen molar-refractivity contribution in [1.82, 2.24) is 0 Å². The van der Waals surface area contributed by atoms with Gasteiger partial charge in [-0.15, -0.1) is 11.3 Å². The fraction of sp³-hybridized carbons (Fsp3) is 0. The summed E-state index contributed by atoms with van der Waals surface area (Å²) in [6.07, 6.45) is 0. The van der Waals surface area contributed by atoms with E-state index in [0.29, 0.717) is 0 Å². The monoisotopic (exact) mass is 617 g/mol. The average Bonchev–Trinajstić information content (AvgIpc) is 3.72. The first-order chi connectivity index (χ1) is 23.3. The molecule has 8 aromatic carbocycles. The Morgan fingerprint density at radius 2 is 1.13 bits per heavy atom. The lowest BCUT2D eigenvalue weighted by atomic mass is 9.98. The summed E-state index contributed by atoms with van der Waals surface area (Å²) in [7, 11) is 0. The second-order valence-corrected chi connectivity index (χ2v) is 13.1. The van der Waals surface area contributed by atoms with Gasteiger partial charge in [0, 0.05) is 31.2 Å². The van der Waals surface area contributed by atoms with E-state index in [1.165, 1.54) is 52.8 Å². The van der Waals surface area contributed by atoms with Crippen LogP contribution in [0.5, 0.6) is 0 Å². The number of fused-ring (bicyclic) bond motifs is 9. The van der Waals surface area contributed by atoms with Gasteiger partial charge >= 0.3 is 0 Å². The highest BCUT2D eigenvalue weighted by atomic mass is 32.1. The van der Waals surface area contributed by atoms with E-state index in [1.54, 1.807) is 0 Å². The molecule has 0 unspecified atom stereocenters. The predicted octanol–water partition coefficient (Wildman–Crippen LogP) is 13.4. The molecule has 0 aliphatic carbocycles. The molecule has 10 aromatic rings. The zero-order valence-electron chi connectivity index (χ0n) is 25.4. The van der Waals surface area contributed by atoms with Crippen molar-refractivity contribution in [3.05, 3.63) is 164 Å². The van der Waals surface area contributed by atoms with Gasteiger partial charge < -0.3 is 9.32 Å². The van der Waals surface area contributed by atoms with Crippen LogP contribution < -0.4 is 4.90 Å². The Balaban J connectivity index is 1.35. The fourth-order valence-corrected chi connectivity index (χ4v) is 8.58. The van der Waals surface area contributed by atoms with Crippen molar-refractivity contribution in [3.8, 4) is 11.1 Å². The molecule has 0 N–H and O–H groups in total. The van der Waals surface area contributed by atoms with Crippen molar-refractivity contribution >= 4 is 92.1 Å². The molecular formula is C44H27NOS. The van der Waals surface area contributed by atoms with Gasteiger partial charge in [-0.1, -0.05) is 121 Å². The van der Waals surface area contributed by atoms with E-state index in [1.807, 2.05) is 17.4 Å². The van der Waals surface area contributed by atoms with Crippen molar-refractivity contribution in [2.45, 2.75) is 0 Å². The maximum Gasteiger partial charge on any atom is 0.137 e. The minimum absolute atomic E-state index is 0.882. The van der Waals surface area contributed by atoms with Gasteiger partial charge in [0.15, 0.2) is 0 Å². The fourth-order valence-electron chi connectivity index (χ4n) is 7.32. The molecule has 0 saturated heterocycles. The lowest BCUT2D eigenvalue weighted by molar-refractivity contribution is 0.669. The van der Waals surface area contributed by atoms with E-state index in [9.17, 15) is 0 Å². The van der Waals surface area contributed by atoms with Crippen LogP contribution in [0.1, 0.15) is 0 Å². The van der Waals surface area contributed by atoms with E-state index in [0.717, 1.165) is 39.0 Å². The van der Waals surface area contributed by atoms with E-state index in [2.05, 4.69) is 163 Å². The number of hydrogen-bond donors (Lipinski definition) is 0. The Kier molecular flexibility index (Phi) is 5.78. The summed E-state index contributed by atoms with van der Waals surface area (Å²) in [5, 5.41) is 9.71. The van der Waals surface area contributed by atoms with Crippen LogP contribution in [0, 0.1) is 0 Å². The molecule has 0 fully saturated rings. The highest BCUT2D eigenvalue weighted by Gasteiger charge is 2.24. The second-order valence-electron chi connectivity index (χ2n) is 12.1. The van der Waals surface area contributed by atoms with Gasteiger partial charge in [0.2, 0.25) is 0 Å². The number of hydrogen-bond acceptors (Lipinski definition) is 3. The van der Waals surface area contributed by atoms with Crippen LogP contribution >= 0.6 is 11.3 Å². The molecule has 0 atom stereocenters. The number of furan rings is 1. The van der Waals surface area contributed by atoms with Crippen molar-refractivity contribution in [2.75, 3.05) is 4.90 Å². The second kappa shape index (κ2) is 10.3. The third kappa shape index (κ3) is 4.04. The van der Waals surface area contributed by atoms with Crippen LogP contribution in [0.4, 0.5) is 17.1 Å². The highest BCUT2D eigenvalue weighted by Crippen LogP contribution is 2.50. The number of benzene rings is 8. The summed E-state index contributed by atoms with van der Waals surface area (Å²) in [5.74, 6) is 0. The SMILES string of the molecule is c1ccc(-c2ccc(N(c3ccc4ccc5ccccc5c4c3)c3cccc4oc5ccccc5c34)c3c2sc2ccccc23)cc1. The quantitative estimate of drug-likeness (QED) is 0.183. The highest BCUT2D eigenvalue weighted by molar-refractivity contribution is 7.26. The summed E-state index contributed by atoms with van der Waals surface area (Å²) in [4.78, 5) is 2.46. The van der Waals surface area contributed by atoms with Crippen molar-refractivity contribution in [1.29, 1.82) is 0 Å². The molecule has 0 aliphatic rings. The smallest absolute Gasteiger partial charge is 0.137 e. The van der Waals surface area contributed by atoms with Crippen molar-refractivity contribution in [3.63, 3.8) is 0 Å². The first-order valence-corrected chi connectivity index (χ1v) is 16.7. The van der Waals surface area contributed by atoms with Gasteiger partial charge in [0.05, 0.1) is 16.8 Å². The van der Waals surface area contributed by atoms with Crippen LogP contribution in [0.3, 0.4) is 0 Å². The Morgan fingerprint density at radius 1 is 0.447 bits per heavy atom. The molecular weight excluding hydrogens is 591 g/mol. The van der Waals surface area contributed by atoms with Crippen molar-refractivity contribution in [2.24, 2.45) is 0 Å². The predicted molar refractivity (Wildman–Crippen MR) is 202 cm³/mol. The zero-order chi connectivity index (χ0) is 30.9. The van der Waals surface area contributed by atoms with E-state index in [-0.39, 0.29) is 0 Å². The van der Waals surface area contributed by atoms with Crippen molar-refractivity contribution < 1.29 is 4.42 Å². The van der Waals surface area contributed by atoms with Crippen LogP contribution in [0.15, 0.2) is 168 Å². The normalized spacial score (nSPS) is 11.8. The summed E-state index contributed by atoms with van der Waals surface area (Å²) < 4.78 is 9.01. The molecule has 3 heteroatoms. The third-order valence-corrected chi connectivity index (χ3v) is 10.6. The third-order valence-electron chi connectivity index (χ3n) is 9.44. The van der Waals surface area contributed by atoms with Gasteiger partial charge in [-0.2, -0.15) is 0 Å². The molecule has 220 valence electrons. The molecule has 0 aliphatic heterocycles. The minimum atomic E-state index is 0.882. The average molecular weight is 618 g/mol. The van der Waals surface area contributed by atoms with E-state index in [4.69, 9.17) is 4.42 Å². The van der Waals surface area contributed by atoms with Gasteiger partial charge in [-0.05, 0) is 75.1 Å². The number of rotatable bonds is 4. The van der Waals surface area contributed by atoms with Crippen LogP contribution in [0.2, 0.25) is 0 Å². The molecule has 0 saturated carbocycles. The van der Waals surface area contributed by atoms with E-state index >= 15 is 0 Å². The standard InChI is InChI=1S/C44H27NOS/c1-2-11-28(12-3-1)33-25-26-38(43-35-16-7-9-20-41(35)47-44(33)43)45(37-17-10-19-40-42(37)34-15-6-8-18-39(34)46-40)31-24-23-30-22-21-29-13-4-5-14-32(29)36(30)27-31/h1-27H. The van der Waals surface area contributed by atoms with Gasteiger partial charge in [-0.25, -0.2) is 0 Å². The van der Waals surface area contributed by atoms with E-state index < -0.39 is 0 Å². The topological polar surface area (TPSA) is 16.4 Å². The maximum absolute atomic E-state index is 6.44. The Labute approximate surface area is 275 Å². The Morgan fingerprint density at radius 3 is 2.02 bits per heavy atom. The summed E-state index contributed by atoms with van der Waals surface area (Å²) in [6.45, 7) is 0. The molecule has 10 rings (SSSR count). The first kappa shape index (κ1) is 26.3. The first-order valence-electron chi connectivity index (χ1n) is 15.9. The van der Waals surface area contributed by atoms with Gasteiger partial charge in [0.25, 0.3) is 0 Å². The lowest BCUT2D eigenvalue weighted by Crippen LogP contribution is -2.11. The largest absolute Gasteiger partial charge is 0.456 e. The maximum atomic E-state index is 6.44. The minimum Gasteiger partial charge on any atom is -0.456 e. The summed E-state index contributed by atoms with van der Waals surface area (Å²) >= 11 is 1.87. The van der Waals surface area contributed by atoms with Crippen LogP contribution in [-0.2, 0) is 0 Å². The Hall–Kier alpha value is -5.90. The number of para-hydroxylation sites is 1. The number of nitrogens with zero attached hydrogens (tertiary/aromatic N) is 1. The molecule has 0 bridgehead atoms. The molecule has 2 aromatic heterocycles. The van der Waals surface area contributed by atoms with Gasteiger partial charge in [-0.3, -0.25) is 0 Å². The molecule has 0 amide bonds. The Bertz CT molecular complexity index is 2810. The molecule has 2 nitrogen and oxygen atoms in total.